The van der Waals surface area contributed by atoms with Gasteiger partial charge in [-0.25, -0.2) is 9.59 Å². The van der Waals surface area contributed by atoms with E-state index in [-0.39, 0.29) is 12.4 Å². The van der Waals surface area contributed by atoms with Crippen LogP contribution in [0.25, 0.3) is 11.0 Å². The predicted molar refractivity (Wildman–Crippen MR) is 95.4 cm³/mol. The van der Waals surface area contributed by atoms with Crippen LogP contribution in [0.5, 0.6) is 0 Å². The van der Waals surface area contributed by atoms with E-state index in [1.807, 2.05) is 26.0 Å². The lowest BCUT2D eigenvalue weighted by Crippen LogP contribution is -2.07. The van der Waals surface area contributed by atoms with Gasteiger partial charge in [0.25, 0.3) is 0 Å². The number of benzene rings is 1. The second-order valence-electron chi connectivity index (χ2n) is 5.77. The molecule has 0 radical (unpaired) electrons. The number of Topliss-reactive ketones (excluding diaryl/α,β-unsaturated/α-hetero) is 1. The van der Waals surface area contributed by atoms with Gasteiger partial charge in [0.2, 0.25) is 0 Å². The van der Waals surface area contributed by atoms with Crippen LogP contribution in [0.4, 0.5) is 0 Å². The number of carbonyl (C=O) groups excluding carboxylic acids is 2. The molecule has 0 saturated carbocycles. The number of thiophene rings is 1. The first-order valence-corrected chi connectivity index (χ1v) is 8.49. The fraction of sp³-hybridized carbons (Fsp3) is 0.211. The molecule has 0 N–H and O–H groups in total. The Morgan fingerprint density at radius 1 is 1.12 bits per heavy atom. The summed E-state index contributed by atoms with van der Waals surface area (Å²) < 4.78 is 10.6. The van der Waals surface area contributed by atoms with Crippen LogP contribution in [0.15, 0.2) is 39.5 Å². The largest absolute Gasteiger partial charge is 0.457 e. The molecule has 0 atom stereocenters. The minimum atomic E-state index is -0.525. The Hall–Kier alpha value is -2.73. The molecule has 5 nitrogen and oxygen atoms in total. The zero-order valence-electron chi connectivity index (χ0n) is 14.0. The maximum Gasteiger partial charge on any atom is 0.348 e. The Balaban J connectivity index is 1.88. The van der Waals surface area contributed by atoms with Crippen LogP contribution >= 0.6 is 11.3 Å². The van der Waals surface area contributed by atoms with Crippen molar-refractivity contribution in [2.45, 2.75) is 27.4 Å². The van der Waals surface area contributed by atoms with Gasteiger partial charge in [0.05, 0.1) is 4.88 Å². The fourth-order valence-electron chi connectivity index (χ4n) is 2.50. The number of aryl methyl sites for hydroxylation is 2. The maximum atomic E-state index is 12.2. The normalized spacial score (nSPS) is 10.8. The van der Waals surface area contributed by atoms with Crippen LogP contribution in [0.3, 0.4) is 0 Å². The number of ketones is 1. The summed E-state index contributed by atoms with van der Waals surface area (Å²) in [7, 11) is 0. The third kappa shape index (κ3) is 3.39. The number of carbonyl (C=O) groups is 2. The molecular weight excluding hydrogens is 340 g/mol. The first-order valence-electron chi connectivity index (χ1n) is 7.67. The van der Waals surface area contributed by atoms with Gasteiger partial charge < -0.3 is 9.15 Å². The lowest BCUT2D eigenvalue weighted by atomic mass is 10.0. The molecule has 3 rings (SSSR count). The molecule has 0 aliphatic heterocycles. The Labute approximate surface area is 147 Å². The molecular formula is C19H16O5S. The van der Waals surface area contributed by atoms with Crippen LogP contribution in [-0.4, -0.2) is 11.8 Å². The lowest BCUT2D eigenvalue weighted by molar-refractivity contribution is 0.0479. The molecule has 0 saturated heterocycles. The summed E-state index contributed by atoms with van der Waals surface area (Å²) >= 11 is 1.09. The Morgan fingerprint density at radius 2 is 1.84 bits per heavy atom. The molecule has 2 heterocycles. The van der Waals surface area contributed by atoms with Crippen LogP contribution in [-0.2, 0) is 11.3 Å². The summed E-state index contributed by atoms with van der Waals surface area (Å²) in [6.07, 6.45) is 0. The highest BCUT2D eigenvalue weighted by molar-refractivity contribution is 7.15. The van der Waals surface area contributed by atoms with Crippen LogP contribution in [0, 0.1) is 13.8 Å². The van der Waals surface area contributed by atoms with Crippen molar-refractivity contribution < 1.29 is 18.7 Å². The van der Waals surface area contributed by atoms with E-state index in [0.717, 1.165) is 27.8 Å². The van der Waals surface area contributed by atoms with E-state index in [2.05, 4.69) is 0 Å². The van der Waals surface area contributed by atoms with Crippen LogP contribution in [0.1, 0.15) is 43.0 Å². The quantitative estimate of drug-likeness (QED) is 0.401. The Kier molecular flexibility index (Phi) is 4.55. The number of fused-ring (bicyclic) bond motifs is 1. The minimum absolute atomic E-state index is 0.0449. The molecule has 1 aromatic carbocycles. The number of esters is 1. The van der Waals surface area contributed by atoms with Gasteiger partial charge in [-0.15, -0.1) is 11.3 Å². The van der Waals surface area contributed by atoms with Gasteiger partial charge in [0, 0.05) is 17.0 Å². The van der Waals surface area contributed by atoms with Crippen LogP contribution < -0.4 is 5.63 Å². The van der Waals surface area contributed by atoms with Crippen molar-refractivity contribution in [3.63, 3.8) is 0 Å². The number of hydrogen-bond donors (Lipinski definition) is 0. The zero-order valence-corrected chi connectivity index (χ0v) is 14.9. The van der Waals surface area contributed by atoms with Gasteiger partial charge in [0.1, 0.15) is 17.1 Å². The first-order chi connectivity index (χ1) is 11.9. The number of rotatable bonds is 4. The summed E-state index contributed by atoms with van der Waals surface area (Å²) in [5.41, 5.74) is 2.51. The minimum Gasteiger partial charge on any atom is -0.457 e. The molecule has 0 fully saturated rings. The van der Waals surface area contributed by atoms with Crippen molar-refractivity contribution in [2.24, 2.45) is 0 Å². The Morgan fingerprint density at radius 3 is 2.52 bits per heavy atom. The molecule has 128 valence electrons. The molecule has 0 bridgehead atoms. The van der Waals surface area contributed by atoms with E-state index < -0.39 is 11.6 Å². The lowest BCUT2D eigenvalue weighted by Gasteiger charge is -2.09. The smallest absolute Gasteiger partial charge is 0.348 e. The van der Waals surface area contributed by atoms with E-state index in [0.29, 0.717) is 20.9 Å². The summed E-state index contributed by atoms with van der Waals surface area (Å²) in [5, 5.41) is 0.742. The van der Waals surface area contributed by atoms with Crippen molar-refractivity contribution in [3.05, 3.63) is 67.2 Å². The summed E-state index contributed by atoms with van der Waals surface area (Å²) in [4.78, 5) is 36.2. The van der Waals surface area contributed by atoms with E-state index in [1.54, 1.807) is 12.1 Å². The highest BCUT2D eigenvalue weighted by Gasteiger charge is 2.15. The van der Waals surface area contributed by atoms with Crippen molar-refractivity contribution >= 4 is 34.1 Å². The first kappa shape index (κ1) is 17.1. The molecule has 0 spiro atoms. The maximum absolute atomic E-state index is 12.2. The number of hydrogen-bond acceptors (Lipinski definition) is 6. The molecule has 2 aromatic heterocycles. The van der Waals surface area contributed by atoms with E-state index in [1.165, 1.54) is 13.0 Å². The highest BCUT2D eigenvalue weighted by Crippen LogP contribution is 2.24. The van der Waals surface area contributed by atoms with Gasteiger partial charge in [-0.2, -0.15) is 0 Å². The summed E-state index contributed by atoms with van der Waals surface area (Å²) in [6, 6.07) is 8.28. The van der Waals surface area contributed by atoms with Crippen molar-refractivity contribution in [3.8, 4) is 0 Å². The van der Waals surface area contributed by atoms with E-state index >= 15 is 0 Å². The fourth-order valence-corrected chi connectivity index (χ4v) is 3.29. The second-order valence-corrected chi connectivity index (χ2v) is 6.85. The molecule has 0 unspecified atom stereocenters. The SMILES string of the molecule is CC(=O)c1ccc(C(=O)OCc2cc(=O)oc3c(C)c(C)ccc23)s1. The van der Waals surface area contributed by atoms with Crippen LogP contribution in [0.2, 0.25) is 0 Å². The molecule has 0 aliphatic carbocycles. The average molecular weight is 356 g/mol. The number of ether oxygens (including phenoxy) is 1. The molecule has 0 amide bonds. The standard InChI is InChI=1S/C19H16O5S/c1-10-4-5-14-13(8-17(21)24-18(14)11(10)2)9-23-19(22)16-7-6-15(25-16)12(3)20/h4-8H,9H2,1-3H3. The summed E-state index contributed by atoms with van der Waals surface area (Å²) in [6.45, 7) is 5.22. The third-order valence-corrected chi connectivity index (χ3v) is 5.20. The Bertz CT molecular complexity index is 1040. The van der Waals surface area contributed by atoms with Gasteiger partial charge in [-0.3, -0.25) is 4.79 Å². The van der Waals surface area contributed by atoms with Crippen molar-refractivity contribution in [1.29, 1.82) is 0 Å². The van der Waals surface area contributed by atoms with E-state index in [9.17, 15) is 14.4 Å². The second kappa shape index (κ2) is 6.64. The molecule has 6 heteroatoms. The third-order valence-electron chi connectivity index (χ3n) is 4.03. The predicted octanol–water partition coefficient (Wildman–Crippen LogP) is 4.03. The molecule has 25 heavy (non-hydrogen) atoms. The van der Waals surface area contributed by atoms with E-state index in [4.69, 9.17) is 9.15 Å². The van der Waals surface area contributed by atoms with Gasteiger partial charge in [-0.1, -0.05) is 12.1 Å². The molecule has 3 aromatic rings. The zero-order chi connectivity index (χ0) is 18.1. The topological polar surface area (TPSA) is 73.6 Å². The van der Waals surface area contributed by atoms with Gasteiger partial charge >= 0.3 is 11.6 Å². The van der Waals surface area contributed by atoms with Gasteiger partial charge in [-0.05, 0) is 44.0 Å². The average Bonchev–Trinajstić information content (AvgIpc) is 3.06. The monoisotopic (exact) mass is 356 g/mol. The highest BCUT2D eigenvalue weighted by atomic mass is 32.1. The molecule has 0 aliphatic rings. The van der Waals surface area contributed by atoms with Crippen molar-refractivity contribution in [2.75, 3.05) is 0 Å². The van der Waals surface area contributed by atoms with Gasteiger partial charge in [0.15, 0.2) is 5.78 Å². The summed E-state index contributed by atoms with van der Waals surface area (Å²) in [5.74, 6) is -0.621. The van der Waals surface area contributed by atoms with Crippen molar-refractivity contribution in [1.82, 2.24) is 0 Å².